The van der Waals surface area contributed by atoms with Gasteiger partial charge in [0.05, 0.1) is 18.6 Å². The van der Waals surface area contributed by atoms with E-state index in [9.17, 15) is 4.79 Å². The van der Waals surface area contributed by atoms with Gasteiger partial charge in [0.2, 0.25) is 5.91 Å². The first kappa shape index (κ1) is 20.6. The van der Waals surface area contributed by atoms with E-state index < -0.39 is 5.41 Å². The molecule has 1 aliphatic heterocycles. The van der Waals surface area contributed by atoms with Crippen LogP contribution in [0.5, 0.6) is 0 Å². The highest BCUT2D eigenvalue weighted by Crippen LogP contribution is 2.45. The maximum atomic E-state index is 13.3. The lowest BCUT2D eigenvalue weighted by atomic mass is 9.64. The molecule has 0 unspecified atom stereocenters. The van der Waals surface area contributed by atoms with Gasteiger partial charge in [0, 0.05) is 54.0 Å². The fourth-order valence-electron chi connectivity index (χ4n) is 4.74. The van der Waals surface area contributed by atoms with E-state index in [0.717, 1.165) is 75.3 Å². The van der Waals surface area contributed by atoms with Gasteiger partial charge in [-0.1, -0.05) is 30.2 Å². The van der Waals surface area contributed by atoms with Gasteiger partial charge in [-0.25, -0.2) is 0 Å². The zero-order valence-corrected chi connectivity index (χ0v) is 18.4. The Bertz CT molecular complexity index is 1070. The number of nitrogens with one attached hydrogen (secondary N) is 1. The highest BCUT2D eigenvalue weighted by molar-refractivity contribution is 6.30. The smallest absolute Gasteiger partial charge is 0.235 e. The fraction of sp³-hybridized carbons (Fsp3) is 0.400. The maximum Gasteiger partial charge on any atom is 0.235 e. The minimum Gasteiger partial charge on any atom is -0.379 e. The van der Waals surface area contributed by atoms with Gasteiger partial charge in [-0.15, -0.1) is 0 Å². The van der Waals surface area contributed by atoms with Gasteiger partial charge >= 0.3 is 0 Å². The largest absolute Gasteiger partial charge is 0.379 e. The first-order chi connectivity index (χ1) is 15.1. The molecule has 0 radical (unpaired) electrons. The van der Waals surface area contributed by atoms with Crippen molar-refractivity contribution in [2.75, 3.05) is 38.2 Å². The van der Waals surface area contributed by atoms with E-state index in [0.29, 0.717) is 5.02 Å². The molecule has 1 N–H and O–H groups in total. The van der Waals surface area contributed by atoms with Gasteiger partial charge < -0.3 is 14.6 Å². The molecule has 0 atom stereocenters. The Hall–Kier alpha value is -2.34. The van der Waals surface area contributed by atoms with Gasteiger partial charge in [-0.2, -0.15) is 0 Å². The number of aromatic nitrogens is 1. The monoisotopic (exact) mass is 437 g/mol. The van der Waals surface area contributed by atoms with Crippen LogP contribution in [-0.2, 0) is 21.5 Å². The minimum atomic E-state index is -0.441. The molecule has 1 saturated carbocycles. The topological polar surface area (TPSA) is 46.5 Å². The molecule has 1 saturated heterocycles. The molecule has 2 aliphatic rings. The number of hydrogen-bond acceptors (Lipinski definition) is 3. The number of morpholine rings is 1. The summed E-state index contributed by atoms with van der Waals surface area (Å²) >= 11 is 6.05. The second-order valence-corrected chi connectivity index (χ2v) is 9.07. The summed E-state index contributed by atoms with van der Waals surface area (Å²) in [7, 11) is 0. The first-order valence-electron chi connectivity index (χ1n) is 11.1. The number of ether oxygens (including phenoxy) is 1. The molecule has 2 heterocycles. The summed E-state index contributed by atoms with van der Waals surface area (Å²) in [5.41, 5.74) is 2.66. The predicted molar refractivity (Wildman–Crippen MR) is 125 cm³/mol. The Morgan fingerprint density at radius 3 is 2.52 bits per heavy atom. The van der Waals surface area contributed by atoms with Crippen molar-refractivity contribution in [2.24, 2.45) is 0 Å². The zero-order valence-electron chi connectivity index (χ0n) is 17.6. The molecule has 6 heteroatoms. The Morgan fingerprint density at radius 1 is 1.03 bits per heavy atom. The number of carbonyl (C=O) groups is 1. The summed E-state index contributed by atoms with van der Waals surface area (Å²) in [5.74, 6) is 0.0761. The third-order valence-corrected chi connectivity index (χ3v) is 7.08. The van der Waals surface area contributed by atoms with Crippen molar-refractivity contribution in [1.82, 2.24) is 9.47 Å². The lowest BCUT2D eigenvalue weighted by Crippen LogP contribution is -2.45. The van der Waals surface area contributed by atoms with Gasteiger partial charge in [0.15, 0.2) is 0 Å². The third-order valence-electron chi connectivity index (χ3n) is 6.83. The Balaban J connectivity index is 1.29. The highest BCUT2D eigenvalue weighted by atomic mass is 35.5. The lowest BCUT2D eigenvalue weighted by molar-refractivity contribution is -0.124. The number of rotatable bonds is 6. The number of nitrogens with zero attached hydrogens (tertiary/aromatic N) is 2. The SMILES string of the molecule is O=C(Nc1ccc2c(ccn2CCN2CCOCC2)c1)C1(c2ccc(Cl)cc2)CCC1. The Morgan fingerprint density at radius 2 is 1.81 bits per heavy atom. The first-order valence-corrected chi connectivity index (χ1v) is 11.5. The molecule has 3 aromatic rings. The van der Waals surface area contributed by atoms with Gasteiger partial charge in [0.1, 0.15) is 0 Å². The molecule has 1 aromatic heterocycles. The maximum absolute atomic E-state index is 13.3. The van der Waals surface area contributed by atoms with Crippen LogP contribution in [0.2, 0.25) is 5.02 Å². The van der Waals surface area contributed by atoms with Crippen LogP contribution in [0, 0.1) is 0 Å². The quantitative estimate of drug-likeness (QED) is 0.608. The summed E-state index contributed by atoms with van der Waals surface area (Å²) in [5, 5.41) is 5.02. The van der Waals surface area contributed by atoms with Crippen LogP contribution in [-0.4, -0.2) is 48.2 Å². The van der Waals surface area contributed by atoms with Crippen molar-refractivity contribution < 1.29 is 9.53 Å². The normalized spacial score (nSPS) is 18.6. The molecule has 31 heavy (non-hydrogen) atoms. The molecule has 162 valence electrons. The van der Waals surface area contributed by atoms with Crippen LogP contribution in [0.25, 0.3) is 10.9 Å². The second-order valence-electron chi connectivity index (χ2n) is 8.63. The molecule has 5 rings (SSSR count). The number of fused-ring (bicyclic) bond motifs is 1. The fourth-order valence-corrected chi connectivity index (χ4v) is 4.87. The molecular formula is C25H28ClN3O2. The summed E-state index contributed by atoms with van der Waals surface area (Å²) in [6.45, 7) is 5.64. The van der Waals surface area contributed by atoms with Crippen LogP contribution in [0.15, 0.2) is 54.7 Å². The summed E-state index contributed by atoms with van der Waals surface area (Å²) in [4.78, 5) is 15.7. The Kier molecular flexibility index (Phi) is 5.74. The van der Waals surface area contributed by atoms with Crippen molar-refractivity contribution in [2.45, 2.75) is 31.2 Å². The minimum absolute atomic E-state index is 0.0761. The van der Waals surface area contributed by atoms with E-state index >= 15 is 0 Å². The summed E-state index contributed by atoms with van der Waals surface area (Å²) in [6, 6.07) is 16.0. The molecule has 5 nitrogen and oxygen atoms in total. The van der Waals surface area contributed by atoms with Crippen LogP contribution in [0.3, 0.4) is 0 Å². The van der Waals surface area contributed by atoms with E-state index in [4.69, 9.17) is 16.3 Å². The van der Waals surface area contributed by atoms with Crippen LogP contribution in [0.1, 0.15) is 24.8 Å². The van der Waals surface area contributed by atoms with E-state index in [1.807, 2.05) is 30.3 Å². The molecular weight excluding hydrogens is 410 g/mol. The molecule has 0 spiro atoms. The average molecular weight is 438 g/mol. The second kappa shape index (κ2) is 8.65. The number of hydrogen-bond donors (Lipinski definition) is 1. The number of anilines is 1. The van der Waals surface area contributed by atoms with Crippen molar-refractivity contribution >= 4 is 34.1 Å². The highest BCUT2D eigenvalue weighted by Gasteiger charge is 2.45. The van der Waals surface area contributed by atoms with Crippen molar-refractivity contribution in [3.8, 4) is 0 Å². The molecule has 0 bridgehead atoms. The van der Waals surface area contributed by atoms with Crippen molar-refractivity contribution in [3.63, 3.8) is 0 Å². The molecule has 2 aromatic carbocycles. The average Bonchev–Trinajstić information content (AvgIpc) is 3.16. The molecule has 1 amide bonds. The molecule has 2 fully saturated rings. The van der Waals surface area contributed by atoms with E-state index in [1.165, 1.54) is 5.52 Å². The summed E-state index contributed by atoms with van der Waals surface area (Å²) in [6.07, 6.45) is 4.96. The predicted octanol–water partition coefficient (Wildman–Crippen LogP) is 4.69. The number of halogens is 1. The van der Waals surface area contributed by atoms with E-state index in [2.05, 4.69) is 39.2 Å². The number of amides is 1. The van der Waals surface area contributed by atoms with Crippen LogP contribution < -0.4 is 5.32 Å². The standard InChI is InChI=1S/C25H28ClN3O2/c26-21-4-2-20(3-5-21)25(9-1-10-25)24(30)27-22-6-7-23-19(18-22)8-11-29(23)13-12-28-14-16-31-17-15-28/h2-8,11,18H,1,9-10,12-17H2,(H,27,30). The molecule has 1 aliphatic carbocycles. The van der Waals surface area contributed by atoms with Crippen molar-refractivity contribution in [1.29, 1.82) is 0 Å². The van der Waals surface area contributed by atoms with Crippen LogP contribution in [0.4, 0.5) is 5.69 Å². The van der Waals surface area contributed by atoms with Gasteiger partial charge in [-0.05, 0) is 54.8 Å². The Labute approximate surface area is 187 Å². The third kappa shape index (κ3) is 4.10. The van der Waals surface area contributed by atoms with Gasteiger partial charge in [-0.3, -0.25) is 9.69 Å². The zero-order chi connectivity index (χ0) is 21.3. The summed E-state index contributed by atoms with van der Waals surface area (Å²) < 4.78 is 7.72. The lowest BCUT2D eigenvalue weighted by Gasteiger charge is -2.40. The van der Waals surface area contributed by atoms with E-state index in [1.54, 1.807) is 0 Å². The number of carbonyl (C=O) groups excluding carboxylic acids is 1. The van der Waals surface area contributed by atoms with E-state index in [-0.39, 0.29) is 5.91 Å². The van der Waals surface area contributed by atoms with Crippen molar-refractivity contribution in [3.05, 3.63) is 65.3 Å². The number of benzene rings is 2. The van der Waals surface area contributed by atoms with Gasteiger partial charge in [0.25, 0.3) is 0 Å². The van der Waals surface area contributed by atoms with Crippen LogP contribution >= 0.6 is 11.6 Å².